The maximum atomic E-state index is 4.65. The van der Waals surface area contributed by atoms with Crippen LogP contribution in [0.25, 0.3) is 0 Å². The average Bonchev–Trinajstić information content (AvgIpc) is 2.47. The van der Waals surface area contributed by atoms with Gasteiger partial charge in [-0.2, -0.15) is 11.8 Å². The van der Waals surface area contributed by atoms with E-state index in [4.69, 9.17) is 0 Å². The molecule has 0 aromatic carbocycles. The first-order valence-electron chi connectivity index (χ1n) is 7.31. The summed E-state index contributed by atoms with van der Waals surface area (Å²) in [5, 5.41) is 4.24. The molecular formula is C15H25N3S. The van der Waals surface area contributed by atoms with Gasteiger partial charge in [-0.05, 0) is 26.0 Å². The van der Waals surface area contributed by atoms with Gasteiger partial charge in [0.25, 0.3) is 0 Å². The Hall–Kier alpha value is -0.740. The second kappa shape index (κ2) is 7.15. The molecule has 0 bridgehead atoms. The Morgan fingerprint density at radius 2 is 2.37 bits per heavy atom. The summed E-state index contributed by atoms with van der Waals surface area (Å²) >= 11 is 2.10. The zero-order valence-corrected chi connectivity index (χ0v) is 13.0. The van der Waals surface area contributed by atoms with Crippen LogP contribution in [0.3, 0.4) is 0 Å². The standard InChI is InChI=1S/C15H25N3S/c1-4-13-11-18(9-10-19-13)15-14(7-6-8-17-15)12(3)16-5-2/h6-8,12-13,16H,4-5,9-11H2,1-3H3. The molecule has 4 heteroatoms. The minimum atomic E-state index is 0.364. The van der Waals surface area contributed by atoms with Crippen molar-refractivity contribution in [3.8, 4) is 0 Å². The maximum Gasteiger partial charge on any atom is 0.133 e. The van der Waals surface area contributed by atoms with Crippen LogP contribution in [0.1, 0.15) is 38.8 Å². The van der Waals surface area contributed by atoms with E-state index < -0.39 is 0 Å². The average molecular weight is 279 g/mol. The van der Waals surface area contributed by atoms with E-state index >= 15 is 0 Å². The van der Waals surface area contributed by atoms with E-state index in [1.165, 1.54) is 23.6 Å². The molecular weight excluding hydrogens is 254 g/mol. The smallest absolute Gasteiger partial charge is 0.133 e. The van der Waals surface area contributed by atoms with Gasteiger partial charge in [-0.3, -0.25) is 0 Å². The molecule has 0 saturated carbocycles. The van der Waals surface area contributed by atoms with Gasteiger partial charge in [-0.15, -0.1) is 0 Å². The van der Waals surface area contributed by atoms with Crippen LogP contribution >= 0.6 is 11.8 Å². The van der Waals surface area contributed by atoms with Gasteiger partial charge in [-0.25, -0.2) is 4.98 Å². The van der Waals surface area contributed by atoms with Gasteiger partial charge in [0, 0.05) is 41.9 Å². The number of nitrogens with one attached hydrogen (secondary N) is 1. The number of hydrogen-bond donors (Lipinski definition) is 1. The lowest BCUT2D eigenvalue weighted by Gasteiger charge is -2.34. The van der Waals surface area contributed by atoms with Crippen LogP contribution in [-0.2, 0) is 0 Å². The Morgan fingerprint density at radius 3 is 3.11 bits per heavy atom. The van der Waals surface area contributed by atoms with Gasteiger partial charge in [-0.1, -0.05) is 19.9 Å². The van der Waals surface area contributed by atoms with Crippen molar-refractivity contribution in [1.82, 2.24) is 10.3 Å². The summed E-state index contributed by atoms with van der Waals surface area (Å²) in [7, 11) is 0. The summed E-state index contributed by atoms with van der Waals surface area (Å²) in [5.74, 6) is 2.39. The van der Waals surface area contributed by atoms with Gasteiger partial charge in [0.05, 0.1) is 0 Å². The van der Waals surface area contributed by atoms with Crippen molar-refractivity contribution in [1.29, 1.82) is 0 Å². The van der Waals surface area contributed by atoms with Gasteiger partial charge < -0.3 is 10.2 Å². The molecule has 1 aliphatic heterocycles. The first kappa shape index (κ1) is 14.7. The van der Waals surface area contributed by atoms with Crippen LogP contribution < -0.4 is 10.2 Å². The fourth-order valence-corrected chi connectivity index (χ4v) is 3.77. The van der Waals surface area contributed by atoms with Gasteiger partial charge in [0.15, 0.2) is 0 Å². The minimum Gasteiger partial charge on any atom is -0.354 e. The monoisotopic (exact) mass is 279 g/mol. The van der Waals surface area contributed by atoms with E-state index in [1.807, 2.05) is 12.3 Å². The third-order valence-corrected chi connectivity index (χ3v) is 5.06. The molecule has 1 aromatic rings. The third-order valence-electron chi connectivity index (χ3n) is 3.69. The van der Waals surface area contributed by atoms with Crippen molar-refractivity contribution < 1.29 is 0 Å². The van der Waals surface area contributed by atoms with Crippen molar-refractivity contribution in [2.24, 2.45) is 0 Å². The Morgan fingerprint density at radius 1 is 1.53 bits per heavy atom. The Balaban J connectivity index is 2.18. The Kier molecular flexibility index (Phi) is 5.52. The molecule has 2 heterocycles. The number of hydrogen-bond acceptors (Lipinski definition) is 4. The number of anilines is 1. The lowest BCUT2D eigenvalue weighted by molar-refractivity contribution is 0.591. The maximum absolute atomic E-state index is 4.65. The molecule has 1 N–H and O–H groups in total. The molecule has 2 unspecified atom stereocenters. The minimum absolute atomic E-state index is 0.364. The third kappa shape index (κ3) is 3.63. The molecule has 1 aliphatic rings. The normalized spacial score (nSPS) is 21.4. The largest absolute Gasteiger partial charge is 0.354 e. The van der Waals surface area contributed by atoms with Crippen LogP contribution in [-0.4, -0.2) is 35.6 Å². The van der Waals surface area contributed by atoms with Crippen molar-refractivity contribution in [2.45, 2.75) is 38.5 Å². The second-order valence-corrected chi connectivity index (χ2v) is 6.45. The van der Waals surface area contributed by atoms with Crippen molar-refractivity contribution in [2.75, 3.05) is 30.3 Å². The molecule has 19 heavy (non-hydrogen) atoms. The molecule has 2 atom stereocenters. The van der Waals surface area contributed by atoms with Crippen LogP contribution in [0.15, 0.2) is 18.3 Å². The number of pyridine rings is 1. The number of rotatable bonds is 5. The highest BCUT2D eigenvalue weighted by Gasteiger charge is 2.23. The molecule has 1 aromatic heterocycles. The van der Waals surface area contributed by atoms with Gasteiger partial charge in [0.2, 0.25) is 0 Å². The fraction of sp³-hybridized carbons (Fsp3) is 0.667. The zero-order valence-electron chi connectivity index (χ0n) is 12.2. The SMILES string of the molecule is CCNC(C)c1cccnc1N1CCSC(CC)C1. The van der Waals surface area contributed by atoms with E-state index in [0.717, 1.165) is 24.9 Å². The van der Waals surface area contributed by atoms with Crippen LogP contribution in [0.4, 0.5) is 5.82 Å². The topological polar surface area (TPSA) is 28.2 Å². The summed E-state index contributed by atoms with van der Waals surface area (Å²) < 4.78 is 0. The number of aromatic nitrogens is 1. The van der Waals surface area contributed by atoms with Crippen molar-refractivity contribution in [3.05, 3.63) is 23.9 Å². The zero-order chi connectivity index (χ0) is 13.7. The predicted molar refractivity (Wildman–Crippen MR) is 85.1 cm³/mol. The molecule has 1 fully saturated rings. The molecule has 106 valence electrons. The summed E-state index contributed by atoms with van der Waals surface area (Å²) in [6.45, 7) is 9.88. The van der Waals surface area contributed by atoms with Crippen LogP contribution in [0, 0.1) is 0 Å². The second-order valence-electron chi connectivity index (χ2n) is 5.04. The molecule has 0 aliphatic carbocycles. The first-order chi connectivity index (χ1) is 9.26. The predicted octanol–water partition coefficient (Wildman–Crippen LogP) is 3.08. The number of nitrogens with zero attached hydrogens (tertiary/aromatic N) is 2. The summed E-state index contributed by atoms with van der Waals surface area (Å²) in [4.78, 5) is 7.12. The van der Waals surface area contributed by atoms with E-state index in [9.17, 15) is 0 Å². The lowest BCUT2D eigenvalue weighted by atomic mass is 10.1. The quantitative estimate of drug-likeness (QED) is 0.896. The Labute approximate surface area is 121 Å². The summed E-state index contributed by atoms with van der Waals surface area (Å²) in [6.07, 6.45) is 3.16. The molecule has 0 spiro atoms. The summed E-state index contributed by atoms with van der Waals surface area (Å²) in [5.41, 5.74) is 1.33. The van der Waals surface area contributed by atoms with Gasteiger partial charge >= 0.3 is 0 Å². The highest BCUT2D eigenvalue weighted by Crippen LogP contribution is 2.29. The van der Waals surface area contributed by atoms with Crippen LogP contribution in [0.5, 0.6) is 0 Å². The molecule has 3 nitrogen and oxygen atoms in total. The fourth-order valence-electron chi connectivity index (χ4n) is 2.59. The van der Waals surface area contributed by atoms with Crippen molar-refractivity contribution in [3.63, 3.8) is 0 Å². The highest BCUT2D eigenvalue weighted by atomic mass is 32.2. The first-order valence-corrected chi connectivity index (χ1v) is 8.36. The summed E-state index contributed by atoms with van der Waals surface area (Å²) in [6, 6.07) is 4.62. The molecule has 0 radical (unpaired) electrons. The van der Waals surface area contributed by atoms with E-state index in [2.05, 4.69) is 53.8 Å². The van der Waals surface area contributed by atoms with Crippen molar-refractivity contribution >= 4 is 17.6 Å². The highest BCUT2D eigenvalue weighted by molar-refractivity contribution is 8.00. The Bertz CT molecular complexity index is 397. The molecule has 1 saturated heterocycles. The van der Waals surface area contributed by atoms with Gasteiger partial charge in [0.1, 0.15) is 5.82 Å². The lowest BCUT2D eigenvalue weighted by Crippen LogP contribution is -2.39. The van der Waals surface area contributed by atoms with Crippen LogP contribution in [0.2, 0.25) is 0 Å². The van der Waals surface area contributed by atoms with E-state index in [-0.39, 0.29) is 0 Å². The van der Waals surface area contributed by atoms with E-state index in [1.54, 1.807) is 0 Å². The molecule has 2 rings (SSSR count). The van der Waals surface area contributed by atoms with E-state index in [0.29, 0.717) is 6.04 Å². The molecule has 0 amide bonds. The number of thioether (sulfide) groups is 1.